The largest absolute Gasteiger partial charge is 0.507 e. The number of aromatic hydroxyl groups is 3. The molecule has 0 radical (unpaired) electrons. The maximum atomic E-state index is 9.39. The minimum absolute atomic E-state index is 0.0906. The molecule has 0 saturated carbocycles. The standard InChI is InChI=1S/C10H8O3/c11-8-3-1-2-6-4-9(12)10(13)5-7(6)8/h1-5,11-13H. The predicted octanol–water partition coefficient (Wildman–Crippen LogP) is 1.96. The van der Waals surface area contributed by atoms with Gasteiger partial charge in [0.25, 0.3) is 0 Å². The van der Waals surface area contributed by atoms with Crippen molar-refractivity contribution >= 4 is 10.8 Å². The number of rotatable bonds is 0. The van der Waals surface area contributed by atoms with Crippen molar-refractivity contribution in [3.05, 3.63) is 30.3 Å². The molecule has 0 saturated heterocycles. The van der Waals surface area contributed by atoms with Crippen LogP contribution in [0.25, 0.3) is 10.8 Å². The van der Waals surface area contributed by atoms with E-state index in [4.69, 9.17) is 0 Å². The van der Waals surface area contributed by atoms with E-state index in [9.17, 15) is 15.3 Å². The van der Waals surface area contributed by atoms with Crippen LogP contribution in [0.5, 0.6) is 17.2 Å². The van der Waals surface area contributed by atoms with E-state index in [1.807, 2.05) is 0 Å². The summed E-state index contributed by atoms with van der Waals surface area (Å²) in [6, 6.07) is 7.69. The van der Waals surface area contributed by atoms with Crippen molar-refractivity contribution in [2.75, 3.05) is 0 Å². The quantitative estimate of drug-likeness (QED) is 0.537. The smallest absolute Gasteiger partial charge is 0.158 e. The summed E-state index contributed by atoms with van der Waals surface area (Å²) in [5.74, 6) is -0.320. The Morgan fingerprint density at radius 3 is 2.23 bits per heavy atom. The summed E-state index contributed by atoms with van der Waals surface area (Å²) in [7, 11) is 0. The van der Waals surface area contributed by atoms with Crippen LogP contribution in [0.2, 0.25) is 0 Å². The SMILES string of the molecule is Oc1cc2cccc(O)c2cc1O. The van der Waals surface area contributed by atoms with E-state index in [1.54, 1.807) is 12.1 Å². The van der Waals surface area contributed by atoms with E-state index >= 15 is 0 Å². The number of phenols is 3. The normalized spacial score (nSPS) is 10.5. The van der Waals surface area contributed by atoms with Gasteiger partial charge in [-0.05, 0) is 23.6 Å². The minimum atomic E-state index is -0.228. The van der Waals surface area contributed by atoms with E-state index in [2.05, 4.69) is 0 Å². The van der Waals surface area contributed by atoms with Crippen LogP contribution in [0.1, 0.15) is 0 Å². The van der Waals surface area contributed by atoms with Gasteiger partial charge in [-0.15, -0.1) is 0 Å². The molecule has 0 aromatic heterocycles. The van der Waals surface area contributed by atoms with Gasteiger partial charge >= 0.3 is 0 Å². The first kappa shape index (κ1) is 7.73. The van der Waals surface area contributed by atoms with Gasteiger partial charge < -0.3 is 15.3 Å². The predicted molar refractivity (Wildman–Crippen MR) is 48.9 cm³/mol. The van der Waals surface area contributed by atoms with E-state index in [1.165, 1.54) is 18.2 Å². The van der Waals surface area contributed by atoms with Crippen LogP contribution in [0.4, 0.5) is 0 Å². The van der Waals surface area contributed by atoms with Crippen molar-refractivity contribution in [1.29, 1.82) is 0 Å². The van der Waals surface area contributed by atoms with Gasteiger partial charge in [0.05, 0.1) is 0 Å². The summed E-state index contributed by atoms with van der Waals surface area (Å²) in [6.07, 6.45) is 0. The third kappa shape index (κ3) is 1.14. The third-order valence-electron chi connectivity index (χ3n) is 1.95. The molecule has 0 aliphatic heterocycles. The topological polar surface area (TPSA) is 60.7 Å². The molecule has 13 heavy (non-hydrogen) atoms. The second kappa shape index (κ2) is 2.55. The first-order valence-corrected chi connectivity index (χ1v) is 3.82. The highest BCUT2D eigenvalue weighted by Gasteiger charge is 2.04. The summed E-state index contributed by atoms with van der Waals surface area (Å²) >= 11 is 0. The molecule has 0 atom stereocenters. The van der Waals surface area contributed by atoms with Crippen molar-refractivity contribution in [1.82, 2.24) is 0 Å². The van der Waals surface area contributed by atoms with Crippen molar-refractivity contribution in [3.8, 4) is 17.2 Å². The fourth-order valence-corrected chi connectivity index (χ4v) is 1.29. The van der Waals surface area contributed by atoms with Crippen molar-refractivity contribution < 1.29 is 15.3 Å². The molecule has 0 fully saturated rings. The highest BCUT2D eigenvalue weighted by Crippen LogP contribution is 2.33. The van der Waals surface area contributed by atoms with Gasteiger partial charge in [0, 0.05) is 5.39 Å². The zero-order valence-electron chi connectivity index (χ0n) is 6.73. The van der Waals surface area contributed by atoms with E-state index in [0.717, 1.165) is 0 Å². The van der Waals surface area contributed by atoms with Crippen LogP contribution < -0.4 is 0 Å². The Morgan fingerprint density at radius 2 is 1.46 bits per heavy atom. The van der Waals surface area contributed by atoms with Gasteiger partial charge in [0.15, 0.2) is 11.5 Å². The van der Waals surface area contributed by atoms with E-state index < -0.39 is 0 Å². The molecule has 0 spiro atoms. The molecule has 2 aromatic rings. The zero-order valence-corrected chi connectivity index (χ0v) is 6.73. The lowest BCUT2D eigenvalue weighted by Crippen LogP contribution is -1.74. The van der Waals surface area contributed by atoms with Crippen LogP contribution in [0.15, 0.2) is 30.3 Å². The van der Waals surface area contributed by atoms with Crippen molar-refractivity contribution in [2.45, 2.75) is 0 Å². The van der Waals surface area contributed by atoms with Gasteiger partial charge in [0.1, 0.15) is 5.75 Å². The van der Waals surface area contributed by atoms with Crippen molar-refractivity contribution in [2.24, 2.45) is 0 Å². The zero-order chi connectivity index (χ0) is 9.42. The lowest BCUT2D eigenvalue weighted by Gasteiger charge is -2.02. The Morgan fingerprint density at radius 1 is 0.769 bits per heavy atom. The monoisotopic (exact) mass is 176 g/mol. The average molecular weight is 176 g/mol. The van der Waals surface area contributed by atoms with Gasteiger partial charge in [-0.2, -0.15) is 0 Å². The highest BCUT2D eigenvalue weighted by atomic mass is 16.3. The lowest BCUT2D eigenvalue weighted by atomic mass is 10.1. The Bertz CT molecular complexity index is 463. The number of hydrogen-bond acceptors (Lipinski definition) is 3. The average Bonchev–Trinajstić information content (AvgIpc) is 2.09. The molecule has 2 aromatic carbocycles. The van der Waals surface area contributed by atoms with Gasteiger partial charge in [-0.25, -0.2) is 0 Å². The Hall–Kier alpha value is -1.90. The molecule has 0 heterocycles. The van der Waals surface area contributed by atoms with E-state index in [-0.39, 0.29) is 17.2 Å². The molecule has 0 aliphatic carbocycles. The van der Waals surface area contributed by atoms with Gasteiger partial charge in [-0.1, -0.05) is 12.1 Å². The molecule has 3 heteroatoms. The molecule has 66 valence electrons. The molecule has 2 rings (SSSR count). The van der Waals surface area contributed by atoms with Gasteiger partial charge in [-0.3, -0.25) is 0 Å². The van der Waals surface area contributed by atoms with E-state index in [0.29, 0.717) is 10.8 Å². The first-order valence-electron chi connectivity index (χ1n) is 3.82. The Balaban J connectivity index is 2.89. The second-order valence-electron chi connectivity index (χ2n) is 2.84. The molecule has 3 nitrogen and oxygen atoms in total. The molecule has 0 bridgehead atoms. The van der Waals surface area contributed by atoms with Crippen LogP contribution in [-0.2, 0) is 0 Å². The Labute approximate surface area is 74.5 Å². The molecule has 0 unspecified atom stereocenters. The molecular formula is C10H8O3. The maximum absolute atomic E-state index is 9.39. The first-order chi connectivity index (χ1) is 6.18. The summed E-state index contributed by atoms with van der Waals surface area (Å²) < 4.78 is 0. The maximum Gasteiger partial charge on any atom is 0.158 e. The fourth-order valence-electron chi connectivity index (χ4n) is 1.29. The lowest BCUT2D eigenvalue weighted by molar-refractivity contribution is 0.404. The summed E-state index contributed by atoms with van der Waals surface area (Å²) in [5, 5.41) is 29.0. The molecule has 3 N–H and O–H groups in total. The minimum Gasteiger partial charge on any atom is -0.507 e. The fraction of sp³-hybridized carbons (Fsp3) is 0. The number of benzene rings is 2. The number of hydrogen-bond donors (Lipinski definition) is 3. The third-order valence-corrected chi connectivity index (χ3v) is 1.95. The number of phenolic OH excluding ortho intramolecular Hbond substituents is 3. The Kier molecular flexibility index (Phi) is 1.52. The molecular weight excluding hydrogens is 168 g/mol. The van der Waals surface area contributed by atoms with Crippen LogP contribution in [0, 0.1) is 0 Å². The van der Waals surface area contributed by atoms with Crippen LogP contribution >= 0.6 is 0 Å². The summed E-state index contributed by atoms with van der Waals surface area (Å²) in [4.78, 5) is 0. The van der Waals surface area contributed by atoms with Crippen LogP contribution in [-0.4, -0.2) is 15.3 Å². The van der Waals surface area contributed by atoms with Crippen molar-refractivity contribution in [3.63, 3.8) is 0 Å². The summed E-state index contributed by atoms with van der Waals surface area (Å²) in [5.41, 5.74) is 0. The van der Waals surface area contributed by atoms with Crippen LogP contribution in [0.3, 0.4) is 0 Å². The second-order valence-corrected chi connectivity index (χ2v) is 2.84. The molecule has 0 aliphatic rings. The summed E-state index contributed by atoms with van der Waals surface area (Å²) in [6.45, 7) is 0. The number of fused-ring (bicyclic) bond motifs is 1. The van der Waals surface area contributed by atoms with Gasteiger partial charge in [0.2, 0.25) is 0 Å². The highest BCUT2D eigenvalue weighted by molar-refractivity contribution is 5.90. The molecule has 0 amide bonds.